The number of rotatable bonds is 9. The lowest BCUT2D eigenvalue weighted by Gasteiger charge is -2.24. The zero-order valence-electron chi connectivity index (χ0n) is 20.1. The fraction of sp³-hybridized carbons (Fsp3) is 0.520. The normalized spacial score (nSPS) is 16.9. The lowest BCUT2D eigenvalue weighted by Crippen LogP contribution is -2.44. The average molecular weight is 502 g/mol. The van der Waals surface area contributed by atoms with Crippen molar-refractivity contribution in [2.75, 3.05) is 10.7 Å². The van der Waals surface area contributed by atoms with Crippen LogP contribution < -0.4 is 26.4 Å². The molecule has 2 fully saturated rings. The Kier molecular flexibility index (Phi) is 7.95. The monoisotopic (exact) mass is 501 g/mol. The zero-order valence-corrected chi connectivity index (χ0v) is 20.9. The molecule has 10 heteroatoms. The van der Waals surface area contributed by atoms with Gasteiger partial charge in [-0.2, -0.15) is 0 Å². The topological polar surface area (TPSA) is 114 Å². The molecule has 35 heavy (non-hydrogen) atoms. The van der Waals surface area contributed by atoms with Crippen molar-refractivity contribution < 1.29 is 14.3 Å². The molecule has 4 rings (SSSR count). The molecule has 9 nitrogen and oxygen atoms in total. The Morgan fingerprint density at radius 2 is 1.94 bits per heavy atom. The predicted octanol–water partition coefficient (Wildman–Crippen LogP) is 3.51. The molecule has 3 N–H and O–H groups in total. The van der Waals surface area contributed by atoms with Gasteiger partial charge in [0.05, 0.1) is 11.9 Å². The highest BCUT2D eigenvalue weighted by Crippen LogP contribution is 2.36. The number of hydrogen-bond acceptors (Lipinski definition) is 6. The molecular formula is C25H32ClN5O4. The fourth-order valence-corrected chi connectivity index (χ4v) is 4.50. The van der Waals surface area contributed by atoms with Crippen LogP contribution in [0.25, 0.3) is 0 Å². The summed E-state index contributed by atoms with van der Waals surface area (Å²) in [7, 11) is 0. The summed E-state index contributed by atoms with van der Waals surface area (Å²) < 4.78 is 7.39. The number of nitrogens with zero attached hydrogens (tertiary/aromatic N) is 2. The first-order chi connectivity index (χ1) is 16.8. The summed E-state index contributed by atoms with van der Waals surface area (Å²) in [5.74, 6) is 0.151. The van der Waals surface area contributed by atoms with Gasteiger partial charge in [0.2, 0.25) is 5.91 Å². The fourth-order valence-electron chi connectivity index (χ4n) is 4.31. The summed E-state index contributed by atoms with van der Waals surface area (Å²) >= 11 is 6.14. The van der Waals surface area contributed by atoms with Crippen LogP contribution in [0.1, 0.15) is 63.1 Å². The summed E-state index contributed by atoms with van der Waals surface area (Å²) in [4.78, 5) is 42.1. The first-order valence-corrected chi connectivity index (χ1v) is 12.5. The maximum Gasteiger partial charge on any atom is 0.312 e. The molecule has 2 aromatic rings. The Bertz CT molecular complexity index is 1140. The molecule has 2 aliphatic rings. The van der Waals surface area contributed by atoms with Gasteiger partial charge in [0.1, 0.15) is 5.75 Å². The summed E-state index contributed by atoms with van der Waals surface area (Å²) in [6.07, 6.45) is 7.96. The molecule has 2 saturated carbocycles. The van der Waals surface area contributed by atoms with Crippen molar-refractivity contribution in [3.05, 3.63) is 51.0 Å². The second-order valence-electron chi connectivity index (χ2n) is 9.38. The quantitative estimate of drug-likeness (QED) is 0.484. The highest BCUT2D eigenvalue weighted by molar-refractivity contribution is 6.30. The Morgan fingerprint density at radius 1 is 1.20 bits per heavy atom. The van der Waals surface area contributed by atoms with Gasteiger partial charge in [-0.15, -0.1) is 0 Å². The van der Waals surface area contributed by atoms with E-state index in [0.717, 1.165) is 38.5 Å². The van der Waals surface area contributed by atoms with E-state index in [9.17, 15) is 14.4 Å². The van der Waals surface area contributed by atoms with Gasteiger partial charge in [0.25, 0.3) is 5.91 Å². The third-order valence-electron chi connectivity index (χ3n) is 6.42. The molecule has 2 aliphatic carbocycles. The second-order valence-corrected chi connectivity index (χ2v) is 9.82. The Labute approximate surface area is 209 Å². The molecule has 1 aromatic heterocycles. The van der Waals surface area contributed by atoms with Crippen molar-refractivity contribution in [1.82, 2.24) is 15.0 Å². The molecule has 0 bridgehead atoms. The van der Waals surface area contributed by atoms with E-state index >= 15 is 0 Å². The van der Waals surface area contributed by atoms with Crippen molar-refractivity contribution in [2.24, 2.45) is 5.92 Å². The van der Waals surface area contributed by atoms with Gasteiger partial charge in [0.15, 0.2) is 11.9 Å². The number of carbonyl (C=O) groups excluding carboxylic acids is 2. The van der Waals surface area contributed by atoms with Gasteiger partial charge in [-0.3, -0.25) is 19.8 Å². The van der Waals surface area contributed by atoms with Crippen molar-refractivity contribution in [2.45, 2.75) is 77.5 Å². The second kappa shape index (κ2) is 11.1. The van der Waals surface area contributed by atoms with Crippen molar-refractivity contribution in [3.63, 3.8) is 0 Å². The molecular weight excluding hydrogens is 470 g/mol. The van der Waals surface area contributed by atoms with Crippen molar-refractivity contribution in [1.29, 1.82) is 0 Å². The highest BCUT2D eigenvalue weighted by atomic mass is 35.5. The van der Waals surface area contributed by atoms with Gasteiger partial charge < -0.3 is 15.4 Å². The summed E-state index contributed by atoms with van der Waals surface area (Å²) in [5.41, 5.74) is 3.54. The first-order valence-electron chi connectivity index (χ1n) is 12.2. The molecule has 2 amide bonds. The minimum Gasteiger partial charge on any atom is -0.480 e. The number of halogens is 1. The number of carbonyl (C=O) groups is 2. The Morgan fingerprint density at radius 3 is 2.63 bits per heavy atom. The Hall–Kier alpha value is -3.07. The van der Waals surface area contributed by atoms with Crippen LogP contribution in [0.15, 0.2) is 29.2 Å². The average Bonchev–Trinajstić information content (AvgIpc) is 3.67. The van der Waals surface area contributed by atoms with E-state index in [-0.39, 0.29) is 30.2 Å². The van der Waals surface area contributed by atoms with Gasteiger partial charge in [-0.1, -0.05) is 30.9 Å². The summed E-state index contributed by atoms with van der Waals surface area (Å²) in [5, 5.41) is 6.49. The van der Waals surface area contributed by atoms with Crippen LogP contribution in [0.5, 0.6) is 5.75 Å². The number of aromatic nitrogens is 2. The van der Waals surface area contributed by atoms with Gasteiger partial charge in [-0.25, -0.2) is 9.66 Å². The van der Waals surface area contributed by atoms with Crippen molar-refractivity contribution >= 4 is 29.2 Å². The van der Waals surface area contributed by atoms with Crippen LogP contribution in [0.3, 0.4) is 0 Å². The lowest BCUT2D eigenvalue weighted by atomic mass is 9.95. The zero-order chi connectivity index (χ0) is 24.9. The standard InChI is InChI=1S/C25H32ClN5O4/c1-15-13-28-23(29-20-6-4-3-5-7-20)25(34)31(15)30-24(33)22(17-8-9-17)35-21-11-10-19(26)12-18(21)14-27-16(2)32/h10-13,17,20,22H,3-9,14H2,1-2H3,(H,27,32)(H,28,29)(H,30,33). The van der Waals surface area contributed by atoms with Crippen LogP contribution in [0.4, 0.5) is 5.82 Å². The van der Waals surface area contributed by atoms with Crippen LogP contribution in [-0.2, 0) is 16.1 Å². The van der Waals surface area contributed by atoms with Crippen LogP contribution >= 0.6 is 11.6 Å². The van der Waals surface area contributed by atoms with E-state index in [2.05, 4.69) is 21.0 Å². The van der Waals surface area contributed by atoms with E-state index in [4.69, 9.17) is 16.3 Å². The lowest BCUT2D eigenvalue weighted by molar-refractivity contribution is -0.124. The summed E-state index contributed by atoms with van der Waals surface area (Å²) in [6.45, 7) is 3.37. The number of hydrogen-bond donors (Lipinski definition) is 3. The smallest absolute Gasteiger partial charge is 0.312 e. The van der Waals surface area contributed by atoms with Crippen LogP contribution in [0, 0.1) is 12.8 Å². The molecule has 0 aliphatic heterocycles. The number of nitrogens with one attached hydrogen (secondary N) is 3. The molecule has 0 saturated heterocycles. The van der Waals surface area contributed by atoms with Gasteiger partial charge in [0, 0.05) is 36.0 Å². The number of anilines is 1. The van der Waals surface area contributed by atoms with E-state index in [1.807, 2.05) is 0 Å². The predicted molar refractivity (Wildman–Crippen MR) is 134 cm³/mol. The largest absolute Gasteiger partial charge is 0.480 e. The molecule has 188 valence electrons. The van der Waals surface area contributed by atoms with Crippen LogP contribution in [0.2, 0.25) is 5.02 Å². The molecule has 0 radical (unpaired) electrons. The minimum absolute atomic E-state index is 0.0389. The molecule has 1 atom stereocenters. The van der Waals surface area contributed by atoms with E-state index in [0.29, 0.717) is 22.0 Å². The number of ether oxygens (including phenoxy) is 1. The van der Waals surface area contributed by atoms with E-state index < -0.39 is 17.6 Å². The van der Waals surface area contributed by atoms with Gasteiger partial charge >= 0.3 is 5.56 Å². The minimum atomic E-state index is -0.790. The number of benzene rings is 1. The maximum atomic E-state index is 13.3. The summed E-state index contributed by atoms with van der Waals surface area (Å²) in [6, 6.07) is 5.29. The van der Waals surface area contributed by atoms with Gasteiger partial charge in [-0.05, 0) is 50.8 Å². The SMILES string of the molecule is CC(=O)NCc1cc(Cl)ccc1OC(C(=O)Nn1c(C)cnc(NC2CCCCC2)c1=O)C1CC1. The van der Waals surface area contributed by atoms with Crippen molar-refractivity contribution in [3.8, 4) is 5.75 Å². The Balaban J connectivity index is 1.52. The van der Waals surface area contributed by atoms with Crippen LogP contribution in [-0.4, -0.2) is 33.6 Å². The maximum absolute atomic E-state index is 13.3. The molecule has 0 spiro atoms. The van der Waals surface area contributed by atoms with E-state index in [1.165, 1.54) is 18.0 Å². The third kappa shape index (κ3) is 6.54. The third-order valence-corrected chi connectivity index (χ3v) is 6.65. The molecule has 1 aromatic carbocycles. The highest BCUT2D eigenvalue weighted by Gasteiger charge is 2.39. The number of amides is 2. The van der Waals surface area contributed by atoms with E-state index in [1.54, 1.807) is 31.3 Å². The first kappa shape index (κ1) is 25.0. The molecule has 1 heterocycles. The number of aryl methyl sites for hydroxylation is 1. The molecule has 1 unspecified atom stereocenters.